The largest absolute Gasteiger partial charge is 0.309 e. The molecule has 1 aliphatic rings. The molecule has 0 amide bonds. The Morgan fingerprint density at radius 2 is 1.75 bits per heavy atom. The molecular weight excluding hydrogens is 268 g/mol. The molecule has 102 valence electrons. The lowest BCUT2D eigenvalue weighted by atomic mass is 9.95. The molecule has 0 aliphatic carbocycles. The highest BCUT2D eigenvalue weighted by molar-refractivity contribution is 6.20. The van der Waals surface area contributed by atoms with Gasteiger partial charge in [-0.05, 0) is 23.6 Å². The third-order valence-corrected chi connectivity index (χ3v) is 3.78. The molecule has 1 unspecified atom stereocenters. The van der Waals surface area contributed by atoms with Crippen LogP contribution in [0.4, 0.5) is 5.69 Å². The average molecular weight is 285 g/mol. The zero-order valence-corrected chi connectivity index (χ0v) is 12.1. The van der Waals surface area contributed by atoms with Crippen LogP contribution in [0, 0.1) is 0 Å². The molecule has 0 aromatic heterocycles. The molecule has 1 atom stereocenters. The lowest BCUT2D eigenvalue weighted by molar-refractivity contribution is 0.631. The average Bonchev–Trinajstić information content (AvgIpc) is 2.47. The van der Waals surface area contributed by atoms with Gasteiger partial charge in [0.2, 0.25) is 0 Å². The number of hydrazine groups is 1. The van der Waals surface area contributed by atoms with E-state index < -0.39 is 0 Å². The van der Waals surface area contributed by atoms with E-state index in [0.29, 0.717) is 0 Å². The van der Waals surface area contributed by atoms with Crippen LogP contribution in [-0.2, 0) is 0 Å². The molecule has 3 rings (SSSR count). The third kappa shape index (κ3) is 2.58. The first kappa shape index (κ1) is 13.2. The first-order valence-corrected chi connectivity index (χ1v) is 7.18. The number of nitrogens with one attached hydrogen (secondary N) is 1. The van der Waals surface area contributed by atoms with Gasteiger partial charge in [-0.1, -0.05) is 54.6 Å². The molecule has 2 aromatic rings. The summed E-state index contributed by atoms with van der Waals surface area (Å²) in [7, 11) is 2.00. The van der Waals surface area contributed by atoms with Gasteiger partial charge in [0.1, 0.15) is 5.50 Å². The van der Waals surface area contributed by atoms with Crippen LogP contribution < -0.4 is 10.4 Å². The van der Waals surface area contributed by atoms with Crippen molar-refractivity contribution in [1.29, 1.82) is 0 Å². The molecule has 2 nitrogen and oxygen atoms in total. The zero-order valence-electron chi connectivity index (χ0n) is 11.4. The summed E-state index contributed by atoms with van der Waals surface area (Å²) in [5.41, 5.74) is 7.97. The van der Waals surface area contributed by atoms with Crippen LogP contribution in [0.1, 0.15) is 17.5 Å². The van der Waals surface area contributed by atoms with Crippen molar-refractivity contribution >= 4 is 22.9 Å². The predicted octanol–water partition coefficient (Wildman–Crippen LogP) is 4.03. The smallest absolute Gasteiger partial charge is 0.103 e. The Hall–Kier alpha value is -1.77. The topological polar surface area (TPSA) is 15.3 Å². The first-order chi connectivity index (χ1) is 9.75. The van der Waals surface area contributed by atoms with Gasteiger partial charge in [0, 0.05) is 12.6 Å². The molecule has 0 spiro atoms. The van der Waals surface area contributed by atoms with Gasteiger partial charge in [0.15, 0.2) is 0 Å². The van der Waals surface area contributed by atoms with Gasteiger partial charge < -0.3 is 5.01 Å². The van der Waals surface area contributed by atoms with Gasteiger partial charge in [0.25, 0.3) is 0 Å². The highest BCUT2D eigenvalue weighted by Crippen LogP contribution is 2.33. The number of rotatable bonds is 1. The summed E-state index contributed by atoms with van der Waals surface area (Å²) < 4.78 is 0. The predicted molar refractivity (Wildman–Crippen MR) is 85.8 cm³/mol. The highest BCUT2D eigenvalue weighted by Gasteiger charge is 2.17. The van der Waals surface area contributed by atoms with Crippen LogP contribution in [0.5, 0.6) is 0 Å². The zero-order chi connectivity index (χ0) is 13.9. The van der Waals surface area contributed by atoms with Crippen LogP contribution in [0.25, 0.3) is 5.57 Å². The van der Waals surface area contributed by atoms with Crippen molar-refractivity contribution in [3.8, 4) is 0 Å². The summed E-state index contributed by atoms with van der Waals surface area (Å²) in [5.74, 6) is 0. The van der Waals surface area contributed by atoms with E-state index in [4.69, 9.17) is 11.6 Å². The van der Waals surface area contributed by atoms with Gasteiger partial charge in [-0.25, -0.2) is 5.43 Å². The van der Waals surface area contributed by atoms with E-state index in [9.17, 15) is 0 Å². The Morgan fingerprint density at radius 3 is 2.55 bits per heavy atom. The second-order valence-corrected chi connectivity index (χ2v) is 5.42. The quantitative estimate of drug-likeness (QED) is 0.628. The van der Waals surface area contributed by atoms with Crippen LogP contribution in [0.2, 0.25) is 0 Å². The molecule has 1 heterocycles. The lowest BCUT2D eigenvalue weighted by Crippen LogP contribution is -2.40. The van der Waals surface area contributed by atoms with Crippen molar-refractivity contribution < 1.29 is 0 Å². The summed E-state index contributed by atoms with van der Waals surface area (Å²) in [6, 6.07) is 18.8. The number of halogens is 1. The molecular formula is C17H17ClN2. The number of hydrogen-bond acceptors (Lipinski definition) is 2. The number of para-hydroxylation sites is 1. The van der Waals surface area contributed by atoms with Crippen LogP contribution in [-0.4, -0.2) is 12.5 Å². The normalized spacial score (nSPS) is 18.8. The Morgan fingerprint density at radius 1 is 1.05 bits per heavy atom. The summed E-state index contributed by atoms with van der Waals surface area (Å²) in [6.45, 7) is 0. The van der Waals surface area contributed by atoms with Gasteiger partial charge >= 0.3 is 0 Å². The second kappa shape index (κ2) is 5.70. The molecule has 2 aromatic carbocycles. The van der Waals surface area contributed by atoms with Crippen molar-refractivity contribution in [2.24, 2.45) is 0 Å². The number of fused-ring (bicyclic) bond motifs is 1. The Kier molecular flexibility index (Phi) is 3.77. The van der Waals surface area contributed by atoms with Crippen molar-refractivity contribution in [3.63, 3.8) is 0 Å². The fourth-order valence-electron chi connectivity index (χ4n) is 2.55. The van der Waals surface area contributed by atoms with Crippen LogP contribution in [0.3, 0.4) is 0 Å². The minimum absolute atomic E-state index is 0.105. The van der Waals surface area contributed by atoms with Crippen LogP contribution >= 0.6 is 11.6 Å². The Balaban J connectivity index is 2.16. The van der Waals surface area contributed by atoms with Gasteiger partial charge in [-0.2, -0.15) is 0 Å². The number of benzene rings is 2. The molecule has 0 fully saturated rings. The van der Waals surface area contributed by atoms with E-state index in [1.807, 2.05) is 24.2 Å². The van der Waals surface area contributed by atoms with Crippen molar-refractivity contribution in [2.45, 2.75) is 11.9 Å². The summed E-state index contributed by atoms with van der Waals surface area (Å²) >= 11 is 6.31. The molecule has 1 N–H and O–H groups in total. The number of alkyl halides is 1. The fraction of sp³-hybridized carbons (Fsp3) is 0.176. The molecule has 0 saturated carbocycles. The van der Waals surface area contributed by atoms with E-state index in [0.717, 1.165) is 12.1 Å². The summed E-state index contributed by atoms with van der Waals surface area (Å²) in [6.07, 6.45) is 3.00. The fourth-order valence-corrected chi connectivity index (χ4v) is 2.78. The number of nitrogens with zero attached hydrogens (tertiary/aromatic N) is 1. The van der Waals surface area contributed by atoms with E-state index in [2.05, 4.69) is 54.0 Å². The second-order valence-electron chi connectivity index (χ2n) is 4.89. The third-order valence-electron chi connectivity index (χ3n) is 3.50. The SMILES string of the molecule is CN1NC(Cl)CC=C(c2ccccc2)c2ccccc21. The van der Waals surface area contributed by atoms with Crippen molar-refractivity contribution in [2.75, 3.05) is 12.1 Å². The number of anilines is 1. The maximum absolute atomic E-state index is 6.31. The number of hydrogen-bond donors (Lipinski definition) is 1. The van der Waals surface area contributed by atoms with Crippen molar-refractivity contribution in [3.05, 3.63) is 71.8 Å². The molecule has 0 bridgehead atoms. The van der Waals surface area contributed by atoms with Crippen LogP contribution in [0.15, 0.2) is 60.7 Å². The van der Waals surface area contributed by atoms with E-state index in [1.54, 1.807) is 0 Å². The lowest BCUT2D eigenvalue weighted by Gasteiger charge is -2.29. The van der Waals surface area contributed by atoms with E-state index >= 15 is 0 Å². The highest BCUT2D eigenvalue weighted by atomic mass is 35.5. The maximum Gasteiger partial charge on any atom is 0.103 e. The minimum Gasteiger partial charge on any atom is -0.309 e. The summed E-state index contributed by atoms with van der Waals surface area (Å²) in [5, 5.41) is 2.00. The van der Waals surface area contributed by atoms with E-state index in [-0.39, 0.29) is 5.50 Å². The Bertz CT molecular complexity index is 622. The van der Waals surface area contributed by atoms with E-state index in [1.165, 1.54) is 16.7 Å². The molecule has 20 heavy (non-hydrogen) atoms. The first-order valence-electron chi connectivity index (χ1n) is 6.74. The van der Waals surface area contributed by atoms with Gasteiger partial charge in [-0.15, -0.1) is 11.6 Å². The van der Waals surface area contributed by atoms with Gasteiger partial charge in [0.05, 0.1) is 5.69 Å². The monoisotopic (exact) mass is 284 g/mol. The van der Waals surface area contributed by atoms with Gasteiger partial charge in [-0.3, -0.25) is 0 Å². The molecule has 3 heteroatoms. The summed E-state index contributed by atoms with van der Waals surface area (Å²) in [4.78, 5) is 0. The Labute approximate surface area is 124 Å². The molecule has 1 aliphatic heterocycles. The maximum atomic E-state index is 6.31. The molecule has 0 saturated heterocycles. The minimum atomic E-state index is -0.105. The molecule has 0 radical (unpaired) electrons. The standard InChI is InChI=1S/C17H17ClN2/c1-20-16-10-6-5-9-15(16)14(11-12-17(18)19-20)13-7-3-2-4-8-13/h2-11,17,19H,12H2,1H3. The van der Waals surface area contributed by atoms with Crippen molar-refractivity contribution in [1.82, 2.24) is 5.43 Å².